The topological polar surface area (TPSA) is 129 Å². The minimum absolute atomic E-state index is 0.0385. The summed E-state index contributed by atoms with van der Waals surface area (Å²) in [5.41, 5.74) is 0.0901. The van der Waals surface area contributed by atoms with E-state index in [9.17, 15) is 24.5 Å². The second-order valence-electron chi connectivity index (χ2n) is 5.53. The average molecular weight is 360 g/mol. The number of aryl methyl sites for hydroxylation is 3. The number of anilines is 1. The van der Waals surface area contributed by atoms with E-state index in [1.807, 2.05) is 0 Å². The Balaban J connectivity index is 2.10. The highest BCUT2D eigenvalue weighted by Crippen LogP contribution is 2.27. The van der Waals surface area contributed by atoms with Gasteiger partial charge < -0.3 is 14.5 Å². The molecule has 2 rings (SSSR count). The van der Waals surface area contributed by atoms with Crippen LogP contribution in [0.4, 0.5) is 11.4 Å². The van der Waals surface area contributed by atoms with E-state index in [1.54, 1.807) is 13.0 Å². The number of hydrogen-bond acceptors (Lipinski definition) is 7. The molecule has 9 heteroatoms. The predicted molar refractivity (Wildman–Crippen MR) is 91.2 cm³/mol. The van der Waals surface area contributed by atoms with E-state index < -0.39 is 29.0 Å². The van der Waals surface area contributed by atoms with E-state index in [0.717, 1.165) is 6.07 Å². The van der Waals surface area contributed by atoms with Gasteiger partial charge in [0.15, 0.2) is 6.61 Å². The summed E-state index contributed by atoms with van der Waals surface area (Å²) in [6, 6.07) is 5.50. The minimum atomic E-state index is -0.835. The lowest BCUT2D eigenvalue weighted by atomic mass is 10.1. The number of carbonyl (C=O) groups is 2. The Morgan fingerprint density at radius 1 is 1.23 bits per heavy atom. The van der Waals surface area contributed by atoms with E-state index in [1.165, 1.54) is 26.0 Å². The van der Waals surface area contributed by atoms with Crippen molar-refractivity contribution in [1.29, 1.82) is 0 Å². The number of ether oxygens (including phenoxy) is 1. The molecule has 136 valence electrons. The maximum atomic E-state index is 12.1. The van der Waals surface area contributed by atoms with Crippen LogP contribution in [0, 0.1) is 30.9 Å². The minimum Gasteiger partial charge on any atom is -0.452 e. The van der Waals surface area contributed by atoms with Gasteiger partial charge in [-0.3, -0.25) is 14.9 Å². The number of amides is 1. The largest absolute Gasteiger partial charge is 0.452 e. The van der Waals surface area contributed by atoms with Crippen LogP contribution in [0.1, 0.15) is 27.2 Å². The molecule has 0 bridgehead atoms. The van der Waals surface area contributed by atoms with Crippen LogP contribution in [0.3, 0.4) is 0 Å². The zero-order chi connectivity index (χ0) is 19.4. The molecular formula is C17H16N2O7. The zero-order valence-electron chi connectivity index (χ0n) is 14.3. The number of nitrogens with one attached hydrogen (secondary N) is 1. The Bertz CT molecular complexity index is 920. The highest BCUT2D eigenvalue weighted by Gasteiger charge is 2.20. The highest BCUT2D eigenvalue weighted by molar-refractivity contribution is 5.98. The molecule has 0 aliphatic carbocycles. The van der Waals surface area contributed by atoms with E-state index in [-0.39, 0.29) is 22.7 Å². The van der Waals surface area contributed by atoms with Crippen LogP contribution < -0.4 is 10.9 Å². The smallest absolute Gasteiger partial charge is 0.342 e. The Hall–Kier alpha value is -3.49. The molecule has 0 saturated carbocycles. The molecule has 0 radical (unpaired) electrons. The Labute approximate surface area is 147 Å². The van der Waals surface area contributed by atoms with Gasteiger partial charge in [-0.1, -0.05) is 12.1 Å². The zero-order valence-corrected chi connectivity index (χ0v) is 14.3. The van der Waals surface area contributed by atoms with E-state index in [0.29, 0.717) is 11.1 Å². The first-order valence-corrected chi connectivity index (χ1v) is 7.53. The molecule has 9 nitrogen and oxygen atoms in total. The molecular weight excluding hydrogens is 344 g/mol. The average Bonchev–Trinajstić information content (AvgIpc) is 2.53. The fraction of sp³-hybridized carbons (Fsp3) is 0.235. The van der Waals surface area contributed by atoms with Gasteiger partial charge in [-0.25, -0.2) is 9.59 Å². The van der Waals surface area contributed by atoms with Gasteiger partial charge in [-0.05, 0) is 31.9 Å². The first-order chi connectivity index (χ1) is 12.2. The summed E-state index contributed by atoms with van der Waals surface area (Å²) >= 11 is 0. The number of benzene rings is 1. The lowest BCUT2D eigenvalue weighted by Crippen LogP contribution is -2.23. The van der Waals surface area contributed by atoms with Gasteiger partial charge in [0.05, 0.1) is 4.92 Å². The van der Waals surface area contributed by atoms with Gasteiger partial charge in [0, 0.05) is 12.1 Å². The monoisotopic (exact) mass is 360 g/mol. The van der Waals surface area contributed by atoms with Gasteiger partial charge in [-0.15, -0.1) is 0 Å². The summed E-state index contributed by atoms with van der Waals surface area (Å²) < 4.78 is 9.76. The van der Waals surface area contributed by atoms with Crippen LogP contribution in [0.25, 0.3) is 0 Å². The van der Waals surface area contributed by atoms with E-state index in [2.05, 4.69) is 5.32 Å². The molecule has 1 aromatic carbocycles. The third-order valence-electron chi connectivity index (χ3n) is 3.58. The Morgan fingerprint density at radius 2 is 1.92 bits per heavy atom. The van der Waals surface area contributed by atoms with Gasteiger partial charge >= 0.3 is 11.6 Å². The third-order valence-corrected chi connectivity index (χ3v) is 3.58. The second kappa shape index (κ2) is 7.60. The number of nitro benzene ring substituents is 1. The van der Waals surface area contributed by atoms with Crippen molar-refractivity contribution in [3.63, 3.8) is 0 Å². The summed E-state index contributed by atoms with van der Waals surface area (Å²) in [7, 11) is 0. The molecule has 0 saturated heterocycles. The molecule has 2 aromatic rings. The van der Waals surface area contributed by atoms with Crippen LogP contribution in [0.15, 0.2) is 33.5 Å². The molecule has 0 fully saturated rings. The van der Waals surface area contributed by atoms with Crippen LogP contribution in [-0.2, 0) is 9.53 Å². The van der Waals surface area contributed by atoms with Crippen LogP contribution in [0.2, 0.25) is 0 Å². The predicted octanol–water partition coefficient (Wildman–Crippen LogP) is 2.27. The number of nitrogens with zero attached hydrogens (tertiary/aromatic N) is 1. The summed E-state index contributed by atoms with van der Waals surface area (Å²) in [5.74, 6) is -1.49. The summed E-state index contributed by atoms with van der Waals surface area (Å²) in [6.07, 6.45) is 0. The lowest BCUT2D eigenvalue weighted by molar-refractivity contribution is -0.384. The summed E-state index contributed by atoms with van der Waals surface area (Å²) in [5, 5.41) is 13.4. The van der Waals surface area contributed by atoms with Crippen molar-refractivity contribution < 1.29 is 23.7 Å². The van der Waals surface area contributed by atoms with Crippen LogP contribution in [-0.4, -0.2) is 23.4 Å². The third kappa shape index (κ3) is 4.12. The fourth-order valence-corrected chi connectivity index (χ4v) is 2.41. The number of para-hydroxylation sites is 1. The van der Waals surface area contributed by atoms with Crippen molar-refractivity contribution in [2.75, 3.05) is 11.9 Å². The van der Waals surface area contributed by atoms with Crippen molar-refractivity contribution in [2.24, 2.45) is 0 Å². The lowest BCUT2D eigenvalue weighted by Gasteiger charge is -2.10. The standard InChI is InChI=1S/C17H16N2O7/c1-9-5-4-6-12(19(23)24)16(9)18-13(20)8-25-17(22)15-10(2)7-14(21)26-11(15)3/h4-7H,8H2,1-3H3,(H,18,20). The normalized spacial score (nSPS) is 10.3. The molecule has 26 heavy (non-hydrogen) atoms. The maximum absolute atomic E-state index is 12.1. The molecule has 0 aliphatic heterocycles. The fourth-order valence-electron chi connectivity index (χ4n) is 2.41. The van der Waals surface area contributed by atoms with Crippen molar-refractivity contribution in [3.8, 4) is 0 Å². The molecule has 0 atom stereocenters. The highest BCUT2D eigenvalue weighted by atomic mass is 16.6. The van der Waals surface area contributed by atoms with Gasteiger partial charge in [-0.2, -0.15) is 0 Å². The maximum Gasteiger partial charge on any atom is 0.342 e. The van der Waals surface area contributed by atoms with Crippen molar-refractivity contribution in [1.82, 2.24) is 0 Å². The molecule has 1 heterocycles. The van der Waals surface area contributed by atoms with E-state index in [4.69, 9.17) is 9.15 Å². The molecule has 0 aliphatic rings. The van der Waals surface area contributed by atoms with Gasteiger partial charge in [0.1, 0.15) is 17.0 Å². The van der Waals surface area contributed by atoms with Gasteiger partial charge in [0.25, 0.3) is 11.6 Å². The number of hydrogen-bond donors (Lipinski definition) is 1. The quantitative estimate of drug-likeness (QED) is 0.492. The molecule has 1 amide bonds. The molecule has 1 N–H and O–H groups in total. The molecule has 1 aromatic heterocycles. The number of rotatable bonds is 5. The van der Waals surface area contributed by atoms with Crippen molar-refractivity contribution in [2.45, 2.75) is 20.8 Å². The number of carbonyl (C=O) groups excluding carboxylic acids is 2. The van der Waals surface area contributed by atoms with Crippen molar-refractivity contribution in [3.05, 3.63) is 67.3 Å². The van der Waals surface area contributed by atoms with Crippen LogP contribution in [0.5, 0.6) is 0 Å². The number of esters is 1. The SMILES string of the molecule is Cc1cccc([N+](=O)[O-])c1NC(=O)COC(=O)c1c(C)cc(=O)oc1C. The first-order valence-electron chi connectivity index (χ1n) is 7.53. The summed E-state index contributed by atoms with van der Waals surface area (Å²) in [6.45, 7) is 3.93. The van der Waals surface area contributed by atoms with Crippen LogP contribution >= 0.6 is 0 Å². The van der Waals surface area contributed by atoms with E-state index >= 15 is 0 Å². The first kappa shape index (κ1) is 18.8. The molecule has 0 unspecified atom stereocenters. The van der Waals surface area contributed by atoms with Crippen molar-refractivity contribution >= 4 is 23.3 Å². The molecule has 0 spiro atoms. The Kier molecular flexibility index (Phi) is 5.51. The van der Waals surface area contributed by atoms with Gasteiger partial charge in [0.2, 0.25) is 0 Å². The number of nitro groups is 1. The Morgan fingerprint density at radius 3 is 2.54 bits per heavy atom. The summed E-state index contributed by atoms with van der Waals surface area (Å²) in [4.78, 5) is 45.8. The second-order valence-corrected chi connectivity index (χ2v) is 5.53.